The van der Waals surface area contributed by atoms with E-state index in [1.165, 1.54) is 23.5 Å². The lowest BCUT2D eigenvalue weighted by atomic mass is 9.54. The Morgan fingerprint density at radius 2 is 1.08 bits per heavy atom. The summed E-state index contributed by atoms with van der Waals surface area (Å²) in [5.74, 6) is 0.372. The summed E-state index contributed by atoms with van der Waals surface area (Å²) in [6.45, 7) is 12.9. The van der Waals surface area contributed by atoms with E-state index >= 15 is 0 Å². The third-order valence-corrected chi connectivity index (χ3v) is 7.58. The summed E-state index contributed by atoms with van der Waals surface area (Å²) in [6.07, 6.45) is 3.91. The van der Waals surface area contributed by atoms with E-state index in [0.29, 0.717) is 56.9 Å². The molecule has 0 radical (unpaired) electrons. The summed E-state index contributed by atoms with van der Waals surface area (Å²) in [5, 5.41) is 11.0. The molecule has 0 rings (SSSR count). The zero-order valence-corrected chi connectivity index (χ0v) is 31.6. The molecule has 4 N–H and O–H groups in total. The zero-order chi connectivity index (χ0) is 36.0. The number of hydrogen-bond acceptors (Lipinski definition) is 11. The molecule has 48 heavy (non-hydrogen) atoms. The fourth-order valence-electron chi connectivity index (χ4n) is 4.47. The van der Waals surface area contributed by atoms with Crippen LogP contribution >= 0.6 is 23.5 Å². The molecule has 0 aromatic heterocycles. The second-order valence-electron chi connectivity index (χ2n) is 11.9. The molecule has 0 saturated heterocycles. The molecule has 17 heteroatoms. The van der Waals surface area contributed by atoms with Gasteiger partial charge in [-0.05, 0) is 26.4 Å². The first kappa shape index (κ1) is 46.0. The highest BCUT2D eigenvalue weighted by molar-refractivity contribution is 7.99. The summed E-state index contributed by atoms with van der Waals surface area (Å²) in [5.41, 5.74) is -0.174. The summed E-state index contributed by atoms with van der Waals surface area (Å²) in [6, 6.07) is 0. The van der Waals surface area contributed by atoms with Gasteiger partial charge in [-0.3, -0.25) is 24.0 Å². The smallest absolute Gasteiger partial charge is 0.230 e. The van der Waals surface area contributed by atoms with Gasteiger partial charge in [-0.25, -0.2) is 0 Å². The highest BCUT2D eigenvalue weighted by atomic mass is 32.2. The third-order valence-electron chi connectivity index (χ3n) is 6.48. The molecule has 0 aromatic carbocycles. The van der Waals surface area contributed by atoms with E-state index in [-0.39, 0.29) is 100 Å². The number of nitrogens with zero attached hydrogens (tertiary/aromatic N) is 1. The average molecular weight is 722 g/mol. The largest absolute Gasteiger partial charge is 0.382 e. The van der Waals surface area contributed by atoms with Gasteiger partial charge in [0.25, 0.3) is 0 Å². The topological polar surface area (TPSA) is 174 Å². The minimum absolute atomic E-state index is 0.00463. The predicted octanol–water partition coefficient (Wildman–Crippen LogP) is 0.243. The van der Waals surface area contributed by atoms with E-state index in [0.717, 1.165) is 7.28 Å². The van der Waals surface area contributed by atoms with Crippen molar-refractivity contribution in [2.45, 2.75) is 58.3 Å². The molecule has 5 amide bonds. The molecule has 14 nitrogen and oxygen atoms in total. The van der Waals surface area contributed by atoms with Gasteiger partial charge >= 0.3 is 0 Å². The molecular weight excluding hydrogens is 661 g/mol. The molecule has 0 aliphatic rings. The van der Waals surface area contributed by atoms with Gasteiger partial charge in [-0.1, -0.05) is 19.7 Å². The van der Waals surface area contributed by atoms with Crippen molar-refractivity contribution in [1.82, 2.24) is 26.2 Å². The van der Waals surface area contributed by atoms with E-state index in [4.69, 9.17) is 18.9 Å². The van der Waals surface area contributed by atoms with Crippen LogP contribution in [0.4, 0.5) is 0 Å². The molecule has 0 atom stereocenters. The monoisotopic (exact) mass is 721 g/mol. The fourth-order valence-corrected chi connectivity index (χ4v) is 5.20. The van der Waals surface area contributed by atoms with Crippen molar-refractivity contribution in [2.75, 3.05) is 110 Å². The summed E-state index contributed by atoms with van der Waals surface area (Å²) in [4.78, 5) is 62.0. The third kappa shape index (κ3) is 28.9. The van der Waals surface area contributed by atoms with Crippen LogP contribution in [-0.2, 0) is 42.9 Å². The number of hydrogen-bond donors (Lipinski definition) is 4. The maximum atomic E-state index is 12.8. The van der Waals surface area contributed by atoms with Crippen LogP contribution in [0.1, 0.15) is 47.0 Å². The highest BCUT2D eigenvalue weighted by Gasteiger charge is 2.21. The van der Waals surface area contributed by atoms with Crippen LogP contribution < -0.4 is 21.3 Å². The van der Waals surface area contributed by atoms with E-state index in [9.17, 15) is 24.0 Å². The van der Waals surface area contributed by atoms with Crippen LogP contribution in [0, 0.1) is 0 Å². The van der Waals surface area contributed by atoms with Gasteiger partial charge in [0.1, 0.15) is 0 Å². The van der Waals surface area contributed by atoms with Crippen LogP contribution in [0.2, 0.25) is 5.82 Å². The van der Waals surface area contributed by atoms with E-state index < -0.39 is 0 Å². The number of ether oxygens (including phenoxy) is 4. The molecule has 0 aliphatic carbocycles. The number of amides is 5. The Balaban J connectivity index is 3.95. The summed E-state index contributed by atoms with van der Waals surface area (Å²) < 4.78 is 22.3. The average Bonchev–Trinajstić information content (AvgIpc) is 3.01. The van der Waals surface area contributed by atoms with Crippen molar-refractivity contribution in [3.63, 3.8) is 0 Å². The van der Waals surface area contributed by atoms with Gasteiger partial charge in [0, 0.05) is 64.0 Å². The molecule has 0 aliphatic heterocycles. The van der Waals surface area contributed by atoms with Crippen molar-refractivity contribution in [2.24, 2.45) is 0 Å². The molecule has 0 unspecified atom stereocenters. The quantitative estimate of drug-likeness (QED) is 0.0571. The van der Waals surface area contributed by atoms with E-state index in [2.05, 4.69) is 49.0 Å². The van der Waals surface area contributed by atoms with E-state index in [1.54, 1.807) is 4.90 Å². The molecule has 0 saturated carbocycles. The minimum Gasteiger partial charge on any atom is -0.382 e. The Bertz CT molecular complexity index is 896. The number of thioether (sulfide) groups is 2. The molecular formula is C31H60BN5O9S2. The summed E-state index contributed by atoms with van der Waals surface area (Å²) in [7, 11) is 0.981. The normalized spacial score (nSPS) is 11.2. The molecule has 0 fully saturated rings. The molecule has 0 heterocycles. The number of rotatable bonds is 31. The Hall–Kier alpha value is -2.05. The number of carbonyl (C=O) groups excluding carboxylic acids is 5. The lowest BCUT2D eigenvalue weighted by Gasteiger charge is -2.26. The van der Waals surface area contributed by atoms with Crippen molar-refractivity contribution in [3.8, 4) is 0 Å². The zero-order valence-electron chi connectivity index (χ0n) is 30.0. The van der Waals surface area contributed by atoms with Gasteiger partial charge < -0.3 is 45.1 Å². The van der Waals surface area contributed by atoms with Crippen molar-refractivity contribution in [1.29, 1.82) is 0 Å². The Labute approximate surface area is 296 Å². The van der Waals surface area contributed by atoms with Gasteiger partial charge in [0.05, 0.1) is 57.8 Å². The fraction of sp³-hybridized carbons (Fsp3) is 0.839. The Morgan fingerprint density at radius 1 is 0.625 bits per heavy atom. The van der Waals surface area contributed by atoms with Crippen LogP contribution in [0.25, 0.3) is 0 Å². The maximum Gasteiger partial charge on any atom is 0.230 e. The minimum atomic E-state index is -0.278. The van der Waals surface area contributed by atoms with Gasteiger partial charge in [0.15, 0.2) is 7.28 Å². The first-order valence-electron chi connectivity index (χ1n) is 16.6. The molecule has 278 valence electrons. The second kappa shape index (κ2) is 29.8. The standard InChI is InChI=1S/C31H60BN5O9S2/c1-25(2)32-31(3,4)46-22-21-45-18-13-36-27(39)9-16-43-19-20-44-17-12-35-26(38)7-8-30(42)37(14-10-33-28(40)23-47-5)15-11-34-29(41)24-48-6/h25,32H,7-24H2,1-6H3,(H,33,40)(H,34,41)(H,35,38)(H,36,39). The lowest BCUT2D eigenvalue weighted by molar-refractivity contribution is -0.134. The summed E-state index contributed by atoms with van der Waals surface area (Å²) >= 11 is 2.81. The predicted molar refractivity (Wildman–Crippen MR) is 194 cm³/mol. The van der Waals surface area contributed by atoms with Gasteiger partial charge in [-0.2, -0.15) is 23.5 Å². The first-order valence-corrected chi connectivity index (χ1v) is 19.4. The molecule has 0 bridgehead atoms. The van der Waals surface area contributed by atoms with Crippen molar-refractivity contribution >= 4 is 60.3 Å². The van der Waals surface area contributed by atoms with Gasteiger partial charge in [-0.15, -0.1) is 0 Å². The van der Waals surface area contributed by atoms with E-state index in [1.807, 2.05) is 12.5 Å². The number of nitrogens with one attached hydrogen (secondary N) is 4. The van der Waals surface area contributed by atoms with Crippen molar-refractivity contribution < 1.29 is 42.9 Å². The first-order chi connectivity index (χ1) is 22.9. The number of carbonyl (C=O) groups is 5. The Morgan fingerprint density at radius 3 is 1.58 bits per heavy atom. The van der Waals surface area contributed by atoms with Crippen LogP contribution in [0.5, 0.6) is 0 Å². The lowest BCUT2D eigenvalue weighted by Crippen LogP contribution is -2.43. The molecule has 0 spiro atoms. The SMILES string of the molecule is CSCC(=O)NCCN(CCNC(=O)CSC)C(=O)CCC(=O)NCCOCCOCCC(=O)NCCOCCOC(C)(C)BC(C)C. The van der Waals surface area contributed by atoms with Crippen LogP contribution in [0.3, 0.4) is 0 Å². The second-order valence-corrected chi connectivity index (χ2v) is 13.7. The Kier molecular flexibility index (Phi) is 28.6. The highest BCUT2D eigenvalue weighted by Crippen LogP contribution is 2.14. The van der Waals surface area contributed by atoms with Gasteiger partial charge in [0.2, 0.25) is 29.5 Å². The van der Waals surface area contributed by atoms with Crippen LogP contribution in [0.15, 0.2) is 0 Å². The van der Waals surface area contributed by atoms with Crippen molar-refractivity contribution in [3.05, 3.63) is 0 Å². The molecule has 0 aromatic rings. The van der Waals surface area contributed by atoms with Crippen LogP contribution in [-0.4, -0.2) is 157 Å². The maximum absolute atomic E-state index is 12.8.